The van der Waals surface area contributed by atoms with Gasteiger partial charge in [0.05, 0.1) is 17.8 Å². The highest BCUT2D eigenvalue weighted by atomic mass is 16.6. The zero-order valence-corrected chi connectivity index (χ0v) is 11.3. The first kappa shape index (κ1) is 13.0. The van der Waals surface area contributed by atoms with Gasteiger partial charge >= 0.3 is 0 Å². The van der Waals surface area contributed by atoms with Gasteiger partial charge in [-0.25, -0.2) is 0 Å². The van der Waals surface area contributed by atoms with Gasteiger partial charge in [-0.3, -0.25) is 0 Å². The molecule has 0 aliphatic carbocycles. The third kappa shape index (κ3) is 1.83. The number of rotatable bonds is 2. The predicted molar refractivity (Wildman–Crippen MR) is 63.0 cm³/mol. The molecule has 1 fully saturated rings. The van der Waals surface area contributed by atoms with Crippen LogP contribution < -0.4 is 0 Å². The van der Waals surface area contributed by atoms with Crippen molar-refractivity contribution in [3.05, 3.63) is 0 Å². The Hall–Kier alpha value is -0.0800. The van der Waals surface area contributed by atoms with Gasteiger partial charge in [-0.05, 0) is 18.8 Å². The van der Waals surface area contributed by atoms with E-state index in [1.165, 1.54) is 0 Å². The molecule has 0 saturated carbocycles. The summed E-state index contributed by atoms with van der Waals surface area (Å²) in [6.07, 6.45) is 1.50. The third-order valence-corrected chi connectivity index (χ3v) is 4.12. The van der Waals surface area contributed by atoms with E-state index >= 15 is 0 Å². The summed E-state index contributed by atoms with van der Waals surface area (Å²) in [5, 5.41) is 0. The summed E-state index contributed by atoms with van der Waals surface area (Å²) in [6, 6.07) is 0. The van der Waals surface area contributed by atoms with Gasteiger partial charge in [0.15, 0.2) is 0 Å². The SMILES string of the molecule is CC[C@@]1(C(C)(C)C)O[C@@H](C)[C@@H](C)[C@@H]1OC. The summed E-state index contributed by atoms with van der Waals surface area (Å²) in [6.45, 7) is 13.3. The molecule has 15 heavy (non-hydrogen) atoms. The molecule has 0 spiro atoms. The van der Waals surface area contributed by atoms with Gasteiger partial charge in [-0.15, -0.1) is 0 Å². The molecule has 0 radical (unpaired) electrons. The van der Waals surface area contributed by atoms with Crippen molar-refractivity contribution in [3.63, 3.8) is 0 Å². The molecule has 4 atom stereocenters. The quantitative estimate of drug-likeness (QED) is 0.702. The molecule has 1 aliphatic heterocycles. The van der Waals surface area contributed by atoms with E-state index < -0.39 is 0 Å². The van der Waals surface area contributed by atoms with Crippen LogP contribution in [-0.4, -0.2) is 24.9 Å². The van der Waals surface area contributed by atoms with E-state index in [4.69, 9.17) is 9.47 Å². The molecule has 0 aromatic carbocycles. The maximum atomic E-state index is 6.25. The maximum absolute atomic E-state index is 6.25. The van der Waals surface area contributed by atoms with Crippen molar-refractivity contribution in [2.45, 2.75) is 65.8 Å². The maximum Gasteiger partial charge on any atom is 0.0995 e. The van der Waals surface area contributed by atoms with E-state index in [9.17, 15) is 0 Å². The average Bonchev–Trinajstić information content (AvgIpc) is 2.39. The molecule has 0 aromatic rings. The Morgan fingerprint density at radius 2 is 1.80 bits per heavy atom. The smallest absolute Gasteiger partial charge is 0.0995 e. The molecule has 0 N–H and O–H groups in total. The van der Waals surface area contributed by atoms with E-state index in [2.05, 4.69) is 41.5 Å². The van der Waals surface area contributed by atoms with E-state index in [0.717, 1.165) is 6.42 Å². The van der Waals surface area contributed by atoms with Gasteiger partial charge in [-0.1, -0.05) is 34.6 Å². The highest BCUT2D eigenvalue weighted by molar-refractivity contribution is 5.05. The predicted octanol–water partition coefficient (Wildman–Crippen LogP) is 3.25. The van der Waals surface area contributed by atoms with Crippen molar-refractivity contribution in [1.82, 2.24) is 0 Å². The fourth-order valence-electron chi connectivity index (χ4n) is 3.00. The number of methoxy groups -OCH3 is 1. The Bertz CT molecular complexity index is 219. The minimum absolute atomic E-state index is 0.113. The summed E-state index contributed by atoms with van der Waals surface area (Å²) in [5.74, 6) is 0.467. The molecule has 90 valence electrons. The molecule has 2 nitrogen and oxygen atoms in total. The highest BCUT2D eigenvalue weighted by Crippen LogP contribution is 2.49. The van der Waals surface area contributed by atoms with Crippen molar-refractivity contribution in [2.24, 2.45) is 11.3 Å². The van der Waals surface area contributed by atoms with Crippen LogP contribution in [-0.2, 0) is 9.47 Å². The van der Waals surface area contributed by atoms with Crippen LogP contribution in [0.25, 0.3) is 0 Å². The second-order valence-corrected chi connectivity index (χ2v) is 5.83. The summed E-state index contributed by atoms with van der Waals surface area (Å²) >= 11 is 0. The van der Waals surface area contributed by atoms with E-state index in [1.54, 1.807) is 7.11 Å². The monoisotopic (exact) mass is 214 g/mol. The fourth-order valence-corrected chi connectivity index (χ4v) is 3.00. The molecule has 1 heterocycles. The lowest BCUT2D eigenvalue weighted by Gasteiger charge is -2.44. The Balaban J connectivity index is 3.09. The first-order chi connectivity index (χ1) is 6.80. The van der Waals surface area contributed by atoms with Gasteiger partial charge in [0, 0.05) is 13.0 Å². The van der Waals surface area contributed by atoms with Crippen LogP contribution in [0, 0.1) is 11.3 Å². The average molecular weight is 214 g/mol. The van der Waals surface area contributed by atoms with Crippen molar-refractivity contribution in [2.75, 3.05) is 7.11 Å². The van der Waals surface area contributed by atoms with Crippen molar-refractivity contribution in [1.29, 1.82) is 0 Å². The topological polar surface area (TPSA) is 18.5 Å². The summed E-state index contributed by atoms with van der Waals surface area (Å²) in [5.41, 5.74) is -0.0258. The molecular formula is C13H26O2. The lowest BCUT2D eigenvalue weighted by atomic mass is 9.70. The van der Waals surface area contributed by atoms with Gasteiger partial charge < -0.3 is 9.47 Å². The number of hydrogen-bond acceptors (Lipinski definition) is 2. The van der Waals surface area contributed by atoms with Crippen LogP contribution >= 0.6 is 0 Å². The molecule has 1 rings (SSSR count). The molecule has 0 unspecified atom stereocenters. The van der Waals surface area contributed by atoms with Crippen LogP contribution in [0.15, 0.2) is 0 Å². The van der Waals surface area contributed by atoms with Gasteiger partial charge in [0.1, 0.15) is 0 Å². The molecule has 1 aliphatic rings. The Morgan fingerprint density at radius 1 is 1.27 bits per heavy atom. The summed E-state index contributed by atoms with van der Waals surface area (Å²) in [4.78, 5) is 0. The van der Waals surface area contributed by atoms with E-state index in [1.807, 2.05) is 0 Å². The summed E-state index contributed by atoms with van der Waals surface area (Å²) < 4.78 is 12.0. The zero-order chi connectivity index (χ0) is 11.9. The minimum Gasteiger partial charge on any atom is -0.378 e. The lowest BCUT2D eigenvalue weighted by Crippen LogP contribution is -2.52. The normalized spacial score (nSPS) is 42.2. The van der Waals surface area contributed by atoms with Crippen LogP contribution in [0.3, 0.4) is 0 Å². The Morgan fingerprint density at radius 3 is 2.07 bits per heavy atom. The minimum atomic E-state index is -0.138. The van der Waals surface area contributed by atoms with Crippen molar-refractivity contribution < 1.29 is 9.47 Å². The first-order valence-electron chi connectivity index (χ1n) is 6.00. The molecule has 0 bridgehead atoms. The summed E-state index contributed by atoms with van der Waals surface area (Å²) in [7, 11) is 1.80. The van der Waals surface area contributed by atoms with Crippen LogP contribution in [0.5, 0.6) is 0 Å². The fraction of sp³-hybridized carbons (Fsp3) is 1.00. The lowest BCUT2D eigenvalue weighted by molar-refractivity contribution is -0.154. The largest absolute Gasteiger partial charge is 0.378 e. The second-order valence-electron chi connectivity index (χ2n) is 5.83. The van der Waals surface area contributed by atoms with Crippen LogP contribution in [0.4, 0.5) is 0 Å². The number of hydrogen-bond donors (Lipinski definition) is 0. The Kier molecular flexibility index (Phi) is 3.52. The molecule has 2 heteroatoms. The molecule has 0 amide bonds. The second kappa shape index (κ2) is 4.06. The van der Waals surface area contributed by atoms with Crippen LogP contribution in [0.1, 0.15) is 48.0 Å². The van der Waals surface area contributed by atoms with E-state index in [0.29, 0.717) is 5.92 Å². The first-order valence-corrected chi connectivity index (χ1v) is 6.00. The standard InChI is InChI=1S/C13H26O2/c1-8-13(12(4,5)6)11(14-7)9(2)10(3)15-13/h9-11H,8H2,1-7H3/t9-,10+,11+,13-/m1/s1. The van der Waals surface area contributed by atoms with Gasteiger partial charge in [-0.2, -0.15) is 0 Å². The van der Waals surface area contributed by atoms with Crippen LogP contribution in [0.2, 0.25) is 0 Å². The molecule has 0 aromatic heterocycles. The van der Waals surface area contributed by atoms with Crippen molar-refractivity contribution in [3.8, 4) is 0 Å². The highest BCUT2D eigenvalue weighted by Gasteiger charge is 2.57. The van der Waals surface area contributed by atoms with Crippen molar-refractivity contribution >= 4 is 0 Å². The third-order valence-electron chi connectivity index (χ3n) is 4.12. The van der Waals surface area contributed by atoms with Gasteiger partial charge in [0.2, 0.25) is 0 Å². The van der Waals surface area contributed by atoms with E-state index in [-0.39, 0.29) is 23.2 Å². The zero-order valence-electron chi connectivity index (χ0n) is 11.3. The number of ether oxygens (including phenoxy) is 2. The molecular weight excluding hydrogens is 188 g/mol. The molecule has 1 saturated heterocycles. The van der Waals surface area contributed by atoms with Gasteiger partial charge in [0.25, 0.3) is 0 Å². The Labute approximate surface area is 94.3 Å².